The van der Waals surface area contributed by atoms with Crippen molar-refractivity contribution < 1.29 is 29.6 Å². The van der Waals surface area contributed by atoms with Gasteiger partial charge in [0.15, 0.2) is 0 Å². The third-order valence-electron chi connectivity index (χ3n) is 2.87. The Morgan fingerprint density at radius 3 is 1.78 bits per heavy atom. The number of carboxylic acids is 1. The van der Waals surface area contributed by atoms with Crippen LogP contribution in [0.5, 0.6) is 0 Å². The number of hydrogen-bond acceptors (Lipinski definition) is 5. The molecule has 0 spiro atoms. The van der Waals surface area contributed by atoms with E-state index in [0.717, 1.165) is 0 Å². The molecule has 3 N–H and O–H groups in total. The summed E-state index contributed by atoms with van der Waals surface area (Å²) >= 11 is 0. The molecular formula is C12H22O6. The zero-order chi connectivity index (χ0) is 14.4. The molecule has 2 unspecified atom stereocenters. The summed E-state index contributed by atoms with van der Waals surface area (Å²) < 4.78 is 4.69. The van der Waals surface area contributed by atoms with Gasteiger partial charge in [-0.1, -0.05) is 26.7 Å². The van der Waals surface area contributed by atoms with Crippen LogP contribution in [0.4, 0.5) is 0 Å². The van der Waals surface area contributed by atoms with Crippen molar-refractivity contribution in [2.24, 2.45) is 0 Å². The van der Waals surface area contributed by atoms with Gasteiger partial charge < -0.3 is 20.1 Å². The van der Waals surface area contributed by atoms with Gasteiger partial charge in [-0.25, -0.2) is 9.59 Å². The molecule has 18 heavy (non-hydrogen) atoms. The van der Waals surface area contributed by atoms with Crippen LogP contribution in [-0.4, -0.2) is 45.1 Å². The average Bonchev–Trinajstić information content (AvgIpc) is 2.29. The van der Waals surface area contributed by atoms with Gasteiger partial charge in [0.05, 0.1) is 6.61 Å². The van der Waals surface area contributed by atoms with E-state index in [1.807, 2.05) is 0 Å². The SMILES string of the molecule is CCCC(O)(C(=O)O)C(O)(CCC)C(=O)OCC. The van der Waals surface area contributed by atoms with Crippen molar-refractivity contribution in [1.82, 2.24) is 0 Å². The van der Waals surface area contributed by atoms with Gasteiger partial charge in [0.1, 0.15) is 0 Å². The van der Waals surface area contributed by atoms with Crippen LogP contribution in [-0.2, 0) is 14.3 Å². The molecule has 0 rings (SSSR count). The first-order valence-corrected chi connectivity index (χ1v) is 6.15. The monoisotopic (exact) mass is 262 g/mol. The van der Waals surface area contributed by atoms with Gasteiger partial charge >= 0.3 is 11.9 Å². The molecule has 0 fully saturated rings. The number of aliphatic hydroxyl groups is 2. The Bertz CT molecular complexity index is 303. The standard InChI is InChI=1S/C12H22O6/c1-4-7-11(16,9(13)14)12(17,8-5-2)10(15)18-6-3/h16-17H,4-8H2,1-3H3,(H,13,14). The fourth-order valence-corrected chi connectivity index (χ4v) is 1.94. The predicted octanol–water partition coefficient (Wildman–Crippen LogP) is 0.696. The highest BCUT2D eigenvalue weighted by Gasteiger charge is 2.59. The van der Waals surface area contributed by atoms with Crippen molar-refractivity contribution in [3.8, 4) is 0 Å². The number of carbonyl (C=O) groups is 2. The Balaban J connectivity index is 5.51. The van der Waals surface area contributed by atoms with Crippen molar-refractivity contribution in [1.29, 1.82) is 0 Å². The number of aliphatic carboxylic acids is 1. The number of carbonyl (C=O) groups excluding carboxylic acids is 1. The zero-order valence-corrected chi connectivity index (χ0v) is 11.1. The lowest BCUT2D eigenvalue weighted by atomic mass is 9.76. The lowest BCUT2D eigenvalue weighted by Crippen LogP contribution is -2.64. The normalized spacial score (nSPS) is 17.6. The average molecular weight is 262 g/mol. The lowest BCUT2D eigenvalue weighted by molar-refractivity contribution is -0.213. The van der Waals surface area contributed by atoms with Crippen LogP contribution in [0.25, 0.3) is 0 Å². The maximum Gasteiger partial charge on any atom is 0.341 e. The second kappa shape index (κ2) is 6.70. The molecule has 106 valence electrons. The number of rotatable bonds is 8. The van der Waals surface area contributed by atoms with Crippen molar-refractivity contribution in [3.63, 3.8) is 0 Å². The lowest BCUT2D eigenvalue weighted by Gasteiger charge is -2.38. The van der Waals surface area contributed by atoms with Crippen molar-refractivity contribution in [3.05, 3.63) is 0 Å². The quantitative estimate of drug-likeness (QED) is 0.556. The highest BCUT2D eigenvalue weighted by atomic mass is 16.6. The molecule has 0 amide bonds. The van der Waals surface area contributed by atoms with E-state index in [1.54, 1.807) is 20.8 Å². The first kappa shape index (κ1) is 16.9. The zero-order valence-electron chi connectivity index (χ0n) is 11.1. The van der Waals surface area contributed by atoms with Crippen LogP contribution in [0.1, 0.15) is 46.5 Å². The van der Waals surface area contributed by atoms with Crippen LogP contribution in [0.2, 0.25) is 0 Å². The molecule has 6 heteroatoms. The maximum atomic E-state index is 11.8. The van der Waals surface area contributed by atoms with Crippen LogP contribution in [0.15, 0.2) is 0 Å². The molecule has 0 aliphatic rings. The molecule has 0 aromatic carbocycles. The molecule has 0 radical (unpaired) electrons. The molecule has 0 saturated carbocycles. The second-order valence-corrected chi connectivity index (χ2v) is 4.25. The summed E-state index contributed by atoms with van der Waals surface area (Å²) in [5, 5.41) is 29.6. The Hall–Kier alpha value is -1.14. The first-order valence-electron chi connectivity index (χ1n) is 6.15. The van der Waals surface area contributed by atoms with Gasteiger partial charge in [-0.05, 0) is 19.8 Å². The summed E-state index contributed by atoms with van der Waals surface area (Å²) in [7, 11) is 0. The van der Waals surface area contributed by atoms with Crippen LogP contribution in [0.3, 0.4) is 0 Å². The molecule has 0 heterocycles. The van der Waals surface area contributed by atoms with E-state index < -0.39 is 23.1 Å². The topological polar surface area (TPSA) is 104 Å². The minimum Gasteiger partial charge on any atom is -0.479 e. The second-order valence-electron chi connectivity index (χ2n) is 4.25. The first-order chi connectivity index (χ1) is 8.30. The summed E-state index contributed by atoms with van der Waals surface area (Å²) in [6, 6.07) is 0. The Morgan fingerprint density at radius 2 is 1.44 bits per heavy atom. The smallest absolute Gasteiger partial charge is 0.341 e. The molecule has 0 aromatic rings. The maximum absolute atomic E-state index is 11.8. The fourth-order valence-electron chi connectivity index (χ4n) is 1.94. The molecule has 0 aliphatic heterocycles. The Morgan fingerprint density at radius 1 is 1.00 bits per heavy atom. The Labute approximate surface area is 107 Å². The highest BCUT2D eigenvalue weighted by Crippen LogP contribution is 2.33. The predicted molar refractivity (Wildman–Crippen MR) is 64.0 cm³/mol. The van der Waals surface area contributed by atoms with Gasteiger partial charge in [0.2, 0.25) is 11.2 Å². The minimum absolute atomic E-state index is 0.00663. The van der Waals surface area contributed by atoms with Gasteiger partial charge in [-0.15, -0.1) is 0 Å². The number of carboxylic acid groups (broad SMARTS) is 1. The summed E-state index contributed by atoms with van der Waals surface area (Å²) in [5.74, 6) is -2.71. The van der Waals surface area contributed by atoms with Crippen molar-refractivity contribution in [2.75, 3.05) is 6.61 Å². The van der Waals surface area contributed by atoms with E-state index in [-0.39, 0.29) is 19.4 Å². The van der Waals surface area contributed by atoms with Gasteiger partial charge in [0.25, 0.3) is 0 Å². The summed E-state index contributed by atoms with van der Waals surface area (Å²) in [6.07, 6.45) is 0.259. The van der Waals surface area contributed by atoms with E-state index >= 15 is 0 Å². The molecule has 0 bridgehead atoms. The molecule has 0 aromatic heterocycles. The van der Waals surface area contributed by atoms with Crippen molar-refractivity contribution in [2.45, 2.75) is 57.7 Å². The molecule has 2 atom stereocenters. The molecular weight excluding hydrogens is 240 g/mol. The number of ether oxygens (including phenoxy) is 1. The van der Waals surface area contributed by atoms with Crippen LogP contribution < -0.4 is 0 Å². The van der Waals surface area contributed by atoms with Crippen LogP contribution >= 0.6 is 0 Å². The third kappa shape index (κ3) is 3.00. The van der Waals surface area contributed by atoms with Crippen LogP contribution in [0, 0.1) is 0 Å². The van der Waals surface area contributed by atoms with E-state index in [1.165, 1.54) is 0 Å². The van der Waals surface area contributed by atoms with Gasteiger partial charge in [-0.2, -0.15) is 0 Å². The third-order valence-corrected chi connectivity index (χ3v) is 2.87. The van der Waals surface area contributed by atoms with E-state index in [2.05, 4.69) is 4.74 Å². The van der Waals surface area contributed by atoms with Gasteiger partial charge in [0, 0.05) is 0 Å². The molecule has 6 nitrogen and oxygen atoms in total. The Kier molecular flexibility index (Phi) is 6.28. The highest BCUT2D eigenvalue weighted by molar-refractivity contribution is 5.91. The largest absolute Gasteiger partial charge is 0.479 e. The summed E-state index contributed by atoms with van der Waals surface area (Å²) in [4.78, 5) is 23.0. The molecule has 0 saturated heterocycles. The number of esters is 1. The fraction of sp³-hybridized carbons (Fsp3) is 0.833. The minimum atomic E-state index is -2.52. The molecule has 0 aliphatic carbocycles. The van der Waals surface area contributed by atoms with Gasteiger partial charge in [-0.3, -0.25) is 0 Å². The van der Waals surface area contributed by atoms with Crippen molar-refractivity contribution >= 4 is 11.9 Å². The van der Waals surface area contributed by atoms with E-state index in [4.69, 9.17) is 5.11 Å². The summed E-state index contributed by atoms with van der Waals surface area (Å²) in [6.45, 7) is 4.89. The summed E-state index contributed by atoms with van der Waals surface area (Å²) in [5.41, 5.74) is -4.94. The van der Waals surface area contributed by atoms with E-state index in [9.17, 15) is 19.8 Å². The number of hydrogen-bond donors (Lipinski definition) is 3. The van der Waals surface area contributed by atoms with E-state index in [0.29, 0.717) is 12.8 Å².